The second-order valence-electron chi connectivity index (χ2n) is 4.61. The van der Waals surface area contributed by atoms with Crippen LogP contribution in [0.1, 0.15) is 5.56 Å². The number of nitrogens with zero attached hydrogens (tertiary/aromatic N) is 1. The van der Waals surface area contributed by atoms with Gasteiger partial charge in [0.2, 0.25) is 0 Å². The van der Waals surface area contributed by atoms with Gasteiger partial charge in [-0.15, -0.1) is 0 Å². The lowest BCUT2D eigenvalue weighted by Gasteiger charge is -2.11. The number of methoxy groups -OCH3 is 2. The third-order valence-electron chi connectivity index (χ3n) is 3.06. The van der Waals surface area contributed by atoms with Gasteiger partial charge in [0, 0.05) is 17.3 Å². The van der Waals surface area contributed by atoms with E-state index in [0.29, 0.717) is 22.7 Å². The second kappa shape index (κ2) is 8.02. The van der Waals surface area contributed by atoms with Crippen molar-refractivity contribution in [2.24, 2.45) is 5.10 Å². The van der Waals surface area contributed by atoms with E-state index in [1.165, 1.54) is 12.3 Å². The van der Waals surface area contributed by atoms with Gasteiger partial charge in [-0.1, -0.05) is 6.07 Å². The second-order valence-corrected chi connectivity index (χ2v) is 5.02. The number of thiocarbonyl (C=S) groups is 1. The van der Waals surface area contributed by atoms with Crippen molar-refractivity contribution in [3.05, 3.63) is 42.0 Å². The minimum atomic E-state index is -0.248. The zero-order valence-corrected chi connectivity index (χ0v) is 13.9. The molecule has 8 heteroatoms. The molecule has 0 atom stereocenters. The number of aromatic hydroxyl groups is 2. The molecule has 0 saturated carbocycles. The van der Waals surface area contributed by atoms with Crippen molar-refractivity contribution < 1.29 is 19.7 Å². The Balaban J connectivity index is 1.98. The molecule has 7 nitrogen and oxygen atoms in total. The van der Waals surface area contributed by atoms with Gasteiger partial charge in [-0.05, 0) is 36.5 Å². The minimum Gasteiger partial charge on any atom is -0.504 e. The monoisotopic (exact) mass is 347 g/mol. The van der Waals surface area contributed by atoms with Crippen molar-refractivity contribution in [1.29, 1.82) is 0 Å². The van der Waals surface area contributed by atoms with Gasteiger partial charge in [0.1, 0.15) is 0 Å². The highest BCUT2D eigenvalue weighted by molar-refractivity contribution is 7.80. The highest BCUT2D eigenvalue weighted by Crippen LogP contribution is 2.29. The van der Waals surface area contributed by atoms with Crippen LogP contribution in [0.2, 0.25) is 0 Å². The van der Waals surface area contributed by atoms with Crippen LogP contribution in [0.5, 0.6) is 23.0 Å². The number of phenolic OH excluding ortho intramolecular Hbond substituents is 2. The van der Waals surface area contributed by atoms with E-state index >= 15 is 0 Å². The molecule has 0 aromatic heterocycles. The standard InChI is InChI=1S/C16H17N3O4S/c1-22-13-7-6-11(8-14(13)23-2)18-16(24)19-17-9-10-4-3-5-12(20)15(10)21/h3-9,20-21H,1-2H3,(H2,18,19,24)/b17-9+. The lowest BCUT2D eigenvalue weighted by atomic mass is 10.2. The normalized spacial score (nSPS) is 10.4. The number of ether oxygens (including phenoxy) is 2. The number of phenols is 2. The van der Waals surface area contributed by atoms with E-state index in [1.807, 2.05) is 0 Å². The molecule has 0 unspecified atom stereocenters. The molecule has 0 amide bonds. The van der Waals surface area contributed by atoms with Crippen LogP contribution in [0.4, 0.5) is 5.69 Å². The molecule has 0 fully saturated rings. The van der Waals surface area contributed by atoms with E-state index in [0.717, 1.165) is 0 Å². The van der Waals surface area contributed by atoms with Gasteiger partial charge >= 0.3 is 0 Å². The summed E-state index contributed by atoms with van der Waals surface area (Å²) in [7, 11) is 3.10. The predicted molar refractivity (Wildman–Crippen MR) is 96.3 cm³/mol. The molecule has 0 aliphatic heterocycles. The van der Waals surface area contributed by atoms with Crippen molar-refractivity contribution in [1.82, 2.24) is 5.43 Å². The molecular weight excluding hydrogens is 330 g/mol. The topological polar surface area (TPSA) is 95.3 Å². The van der Waals surface area contributed by atoms with Gasteiger partial charge in [-0.25, -0.2) is 0 Å². The fourth-order valence-electron chi connectivity index (χ4n) is 1.89. The Kier molecular flexibility index (Phi) is 5.80. The highest BCUT2D eigenvalue weighted by Gasteiger charge is 2.06. The number of benzene rings is 2. The Morgan fingerprint density at radius 1 is 1.12 bits per heavy atom. The number of para-hydroxylation sites is 1. The van der Waals surface area contributed by atoms with Crippen LogP contribution >= 0.6 is 12.2 Å². The Morgan fingerprint density at radius 3 is 2.58 bits per heavy atom. The van der Waals surface area contributed by atoms with Crippen molar-refractivity contribution in [3.63, 3.8) is 0 Å². The maximum atomic E-state index is 9.66. The first-order valence-electron chi connectivity index (χ1n) is 6.88. The number of nitrogens with one attached hydrogen (secondary N) is 2. The Morgan fingerprint density at radius 2 is 1.88 bits per heavy atom. The van der Waals surface area contributed by atoms with Gasteiger partial charge in [-0.3, -0.25) is 5.43 Å². The molecule has 126 valence electrons. The molecule has 0 radical (unpaired) electrons. The van der Waals surface area contributed by atoms with Crippen molar-refractivity contribution in [3.8, 4) is 23.0 Å². The summed E-state index contributed by atoms with van der Waals surface area (Å²) in [5, 5.41) is 26.2. The molecule has 2 rings (SSSR count). The van der Waals surface area contributed by atoms with Crippen LogP contribution in [0, 0.1) is 0 Å². The van der Waals surface area contributed by atoms with Gasteiger partial charge in [0.05, 0.1) is 20.4 Å². The highest BCUT2D eigenvalue weighted by atomic mass is 32.1. The SMILES string of the molecule is COc1ccc(NC(=S)N/N=C/c2cccc(O)c2O)cc1OC. The van der Waals surface area contributed by atoms with Gasteiger partial charge < -0.3 is 25.0 Å². The zero-order valence-electron chi connectivity index (χ0n) is 13.1. The summed E-state index contributed by atoms with van der Waals surface area (Å²) in [5.41, 5.74) is 3.67. The molecule has 0 bridgehead atoms. The molecule has 0 spiro atoms. The summed E-state index contributed by atoms with van der Waals surface area (Å²) >= 11 is 5.13. The number of hydrogen-bond donors (Lipinski definition) is 4. The summed E-state index contributed by atoms with van der Waals surface area (Å²) in [5.74, 6) is 0.713. The van der Waals surface area contributed by atoms with Gasteiger partial charge in [-0.2, -0.15) is 5.10 Å². The molecule has 24 heavy (non-hydrogen) atoms. The van der Waals surface area contributed by atoms with Gasteiger partial charge in [0.15, 0.2) is 28.1 Å². The number of hydrogen-bond acceptors (Lipinski definition) is 6. The summed E-state index contributed by atoms with van der Waals surface area (Å²) in [6.45, 7) is 0. The van der Waals surface area contributed by atoms with Crippen molar-refractivity contribution >= 4 is 29.2 Å². The van der Waals surface area contributed by atoms with Crippen LogP contribution in [0.25, 0.3) is 0 Å². The quantitative estimate of drug-likeness (QED) is 0.286. The molecule has 0 aliphatic carbocycles. The first-order valence-corrected chi connectivity index (χ1v) is 7.29. The first-order chi connectivity index (χ1) is 11.5. The van der Waals surface area contributed by atoms with Gasteiger partial charge in [0.25, 0.3) is 0 Å². The Labute approximate surface area is 144 Å². The average molecular weight is 347 g/mol. The van der Waals surface area contributed by atoms with E-state index in [4.69, 9.17) is 21.7 Å². The molecule has 4 N–H and O–H groups in total. The van der Waals surface area contributed by atoms with E-state index in [1.54, 1.807) is 44.6 Å². The summed E-state index contributed by atoms with van der Waals surface area (Å²) in [6.07, 6.45) is 1.34. The van der Waals surface area contributed by atoms with E-state index in [2.05, 4.69) is 15.8 Å². The van der Waals surface area contributed by atoms with Crippen molar-refractivity contribution in [2.45, 2.75) is 0 Å². The largest absolute Gasteiger partial charge is 0.504 e. The zero-order chi connectivity index (χ0) is 17.5. The van der Waals surface area contributed by atoms with Crippen LogP contribution in [0.3, 0.4) is 0 Å². The average Bonchev–Trinajstić information content (AvgIpc) is 2.58. The summed E-state index contributed by atoms with van der Waals surface area (Å²) in [6, 6.07) is 9.83. The van der Waals surface area contributed by atoms with Crippen LogP contribution < -0.4 is 20.2 Å². The minimum absolute atomic E-state index is 0.218. The molecule has 2 aromatic rings. The molecular formula is C16H17N3O4S. The van der Waals surface area contributed by atoms with E-state index in [9.17, 15) is 10.2 Å². The van der Waals surface area contributed by atoms with Crippen LogP contribution in [0.15, 0.2) is 41.5 Å². The number of anilines is 1. The van der Waals surface area contributed by atoms with Crippen LogP contribution in [-0.2, 0) is 0 Å². The molecule has 0 aliphatic rings. The lowest BCUT2D eigenvalue weighted by molar-refractivity contribution is 0.355. The van der Waals surface area contributed by atoms with Crippen LogP contribution in [-0.4, -0.2) is 35.8 Å². The summed E-state index contributed by atoms with van der Waals surface area (Å²) < 4.78 is 10.4. The molecule has 0 heterocycles. The Bertz CT molecular complexity index is 765. The predicted octanol–water partition coefficient (Wildman–Crippen LogP) is 2.44. The van der Waals surface area contributed by atoms with E-state index in [-0.39, 0.29) is 16.6 Å². The Hall–Kier alpha value is -3.00. The lowest BCUT2D eigenvalue weighted by Crippen LogP contribution is -2.23. The number of rotatable bonds is 5. The van der Waals surface area contributed by atoms with Crippen molar-refractivity contribution in [2.75, 3.05) is 19.5 Å². The molecule has 2 aromatic carbocycles. The summed E-state index contributed by atoms with van der Waals surface area (Å²) in [4.78, 5) is 0. The smallest absolute Gasteiger partial charge is 0.191 e. The maximum absolute atomic E-state index is 9.66. The first kappa shape index (κ1) is 17.4. The maximum Gasteiger partial charge on any atom is 0.191 e. The molecule has 0 saturated heterocycles. The number of hydrazone groups is 1. The fourth-order valence-corrected chi connectivity index (χ4v) is 2.06. The third-order valence-corrected chi connectivity index (χ3v) is 3.25. The van der Waals surface area contributed by atoms with E-state index < -0.39 is 0 Å². The third kappa shape index (κ3) is 4.26. The fraction of sp³-hybridized carbons (Fsp3) is 0.125.